The number of hydrogen-bond acceptors (Lipinski definition) is 4. The van der Waals surface area contributed by atoms with Gasteiger partial charge in [0.05, 0.1) is 18.2 Å². The average molecular weight is 423 g/mol. The van der Waals surface area contributed by atoms with Gasteiger partial charge >= 0.3 is 0 Å². The first-order valence-electron chi connectivity index (χ1n) is 10.9. The lowest BCUT2D eigenvalue weighted by Gasteiger charge is -2.28. The van der Waals surface area contributed by atoms with Gasteiger partial charge in [-0.1, -0.05) is 19.1 Å². The van der Waals surface area contributed by atoms with E-state index in [1.165, 1.54) is 5.56 Å². The van der Waals surface area contributed by atoms with Gasteiger partial charge in [0.2, 0.25) is 14.3 Å². The lowest BCUT2D eigenvalue weighted by Crippen LogP contribution is -2.36. The van der Waals surface area contributed by atoms with Crippen LogP contribution in [0.3, 0.4) is 0 Å². The van der Waals surface area contributed by atoms with E-state index in [9.17, 15) is 14.0 Å². The highest BCUT2D eigenvalue weighted by molar-refractivity contribution is 6.72. The quantitative estimate of drug-likeness (QED) is 0.442. The van der Waals surface area contributed by atoms with Crippen molar-refractivity contribution in [3.63, 3.8) is 0 Å². The van der Waals surface area contributed by atoms with E-state index >= 15 is 0 Å². The monoisotopic (exact) mass is 422 g/mol. The summed E-state index contributed by atoms with van der Waals surface area (Å²) in [4.78, 5) is 12.2. The topological polar surface area (TPSA) is 70.6 Å². The van der Waals surface area contributed by atoms with Crippen molar-refractivity contribution in [2.24, 2.45) is 5.92 Å². The Hall–Kier alpha value is -1.28. The van der Waals surface area contributed by atoms with Gasteiger partial charge in [0.15, 0.2) is 0 Å². The van der Waals surface area contributed by atoms with E-state index in [4.69, 9.17) is 4.74 Å². The van der Waals surface area contributed by atoms with Crippen molar-refractivity contribution in [3.05, 3.63) is 29.8 Å². The molecule has 2 saturated heterocycles. The third-order valence-electron chi connectivity index (χ3n) is 6.43. The smallest absolute Gasteiger partial charge is 0.246 e. The second-order valence-corrected chi connectivity index (χ2v) is 12.8. The van der Waals surface area contributed by atoms with Gasteiger partial charge in [0.25, 0.3) is 0 Å². The number of halogens is 1. The van der Waals surface area contributed by atoms with E-state index in [1.807, 2.05) is 24.3 Å². The summed E-state index contributed by atoms with van der Waals surface area (Å²) in [6.45, 7) is 6.53. The van der Waals surface area contributed by atoms with Crippen LogP contribution in [0.1, 0.15) is 38.2 Å². The fraction of sp³-hybridized carbons (Fsp3) is 0.682. The molecule has 0 spiro atoms. The molecule has 29 heavy (non-hydrogen) atoms. The third-order valence-corrected chi connectivity index (χ3v) is 8.91. The molecule has 0 radical (unpaired) electrons. The van der Waals surface area contributed by atoms with Crippen molar-refractivity contribution in [2.45, 2.75) is 75.9 Å². The summed E-state index contributed by atoms with van der Waals surface area (Å²) in [6.07, 6.45) is 3.97. The fourth-order valence-electron chi connectivity index (χ4n) is 4.98. The van der Waals surface area contributed by atoms with E-state index in [-0.39, 0.29) is 42.2 Å². The zero-order valence-corrected chi connectivity index (χ0v) is 18.8. The number of benzene rings is 1. The first-order valence-corrected chi connectivity index (χ1v) is 13.8. The van der Waals surface area contributed by atoms with Gasteiger partial charge in [-0.05, 0) is 75.4 Å². The number of aliphatic hydroxyl groups is 1. The summed E-state index contributed by atoms with van der Waals surface area (Å²) >= 11 is 0. The maximum absolute atomic E-state index is 14.9. The Morgan fingerprint density at radius 2 is 2.00 bits per heavy atom. The highest BCUT2D eigenvalue weighted by Crippen LogP contribution is 2.46. The third kappa shape index (κ3) is 5.66. The molecule has 0 saturated carbocycles. The van der Waals surface area contributed by atoms with E-state index < -0.39 is 8.41 Å². The van der Waals surface area contributed by atoms with Crippen LogP contribution in [0.25, 0.3) is 0 Å². The molecule has 1 aromatic carbocycles. The van der Waals surface area contributed by atoms with Crippen molar-refractivity contribution < 1.29 is 18.7 Å². The van der Waals surface area contributed by atoms with Gasteiger partial charge in [0.1, 0.15) is 0 Å². The minimum atomic E-state index is -2.85. The number of ether oxygens (including phenoxy) is 1. The van der Waals surface area contributed by atoms with Gasteiger partial charge in [-0.15, -0.1) is 0 Å². The molecule has 2 fully saturated rings. The number of aryl methyl sites for hydroxylation is 1. The molecule has 3 rings (SSSR count). The predicted molar refractivity (Wildman–Crippen MR) is 116 cm³/mol. The largest absolute Gasteiger partial charge is 0.396 e. The Morgan fingerprint density at radius 3 is 2.59 bits per heavy atom. The number of nitrogens with one attached hydrogen (secondary N) is 2. The molecule has 0 aromatic heterocycles. The highest BCUT2D eigenvalue weighted by atomic mass is 28.4. The van der Waals surface area contributed by atoms with Gasteiger partial charge < -0.3 is 24.6 Å². The molecular weight excluding hydrogens is 387 g/mol. The molecule has 5 atom stereocenters. The van der Waals surface area contributed by atoms with Crippen LogP contribution < -0.4 is 10.6 Å². The maximum atomic E-state index is 14.9. The Labute approximate surface area is 174 Å². The molecule has 0 aliphatic carbocycles. The Kier molecular flexibility index (Phi) is 7.48. The highest BCUT2D eigenvalue weighted by Gasteiger charge is 2.50. The van der Waals surface area contributed by atoms with Crippen molar-refractivity contribution >= 4 is 20.0 Å². The number of amides is 1. The second kappa shape index (κ2) is 9.68. The molecule has 2 aliphatic rings. The van der Waals surface area contributed by atoms with Crippen LogP contribution in [0.5, 0.6) is 0 Å². The van der Waals surface area contributed by atoms with Crippen LogP contribution in [-0.2, 0) is 16.0 Å². The predicted octanol–water partition coefficient (Wildman–Crippen LogP) is 3.64. The van der Waals surface area contributed by atoms with Gasteiger partial charge in [-0.3, -0.25) is 4.79 Å². The van der Waals surface area contributed by atoms with Crippen molar-refractivity contribution in [2.75, 3.05) is 18.5 Å². The number of anilines is 1. The van der Waals surface area contributed by atoms with Crippen LogP contribution in [0.4, 0.5) is 9.80 Å². The Morgan fingerprint density at radius 1 is 1.28 bits per heavy atom. The van der Waals surface area contributed by atoms with Gasteiger partial charge in [0, 0.05) is 17.8 Å². The van der Waals surface area contributed by atoms with Crippen molar-refractivity contribution in [1.82, 2.24) is 5.32 Å². The standard InChI is InChI=1S/C22H35FN2O3Si/c1-15-19(28-20(12-14-26)21(15)29(2,3)23)11-8-16-6-9-17(10-7-16)25-22(27)18-5-4-13-24-18/h6-7,9-10,15,18-21,24,26H,4-5,8,11-14H2,1-3H3,(H,25,27)/t15-,18-,19+,20-,21+/m1/s1. The van der Waals surface area contributed by atoms with Crippen LogP contribution in [0.15, 0.2) is 24.3 Å². The molecule has 162 valence electrons. The molecule has 1 amide bonds. The second-order valence-electron chi connectivity index (χ2n) is 9.05. The normalized spacial score (nSPS) is 29.9. The van der Waals surface area contributed by atoms with E-state index in [0.29, 0.717) is 6.42 Å². The summed E-state index contributed by atoms with van der Waals surface area (Å²) in [5.41, 5.74) is 1.92. The van der Waals surface area contributed by atoms with E-state index in [0.717, 1.165) is 37.9 Å². The van der Waals surface area contributed by atoms with Gasteiger partial charge in [-0.25, -0.2) is 0 Å². The molecule has 2 aliphatic heterocycles. The average Bonchev–Trinajstić information content (AvgIpc) is 3.29. The lowest BCUT2D eigenvalue weighted by atomic mass is 9.95. The lowest BCUT2D eigenvalue weighted by molar-refractivity contribution is -0.117. The molecule has 0 unspecified atom stereocenters. The number of aliphatic hydroxyl groups excluding tert-OH is 1. The van der Waals surface area contributed by atoms with Crippen molar-refractivity contribution in [3.8, 4) is 0 Å². The minimum absolute atomic E-state index is 0.0203. The van der Waals surface area contributed by atoms with E-state index in [2.05, 4.69) is 17.6 Å². The van der Waals surface area contributed by atoms with E-state index in [1.54, 1.807) is 13.1 Å². The maximum Gasteiger partial charge on any atom is 0.246 e. The number of rotatable bonds is 8. The zero-order valence-electron chi connectivity index (χ0n) is 17.8. The number of carbonyl (C=O) groups is 1. The molecule has 2 heterocycles. The SMILES string of the molecule is C[C@H]1[C@H]([Si](C)(C)F)[C@@H](CCO)O[C@H]1CCc1ccc(NC(=O)[C@H]2CCCN2)cc1. The summed E-state index contributed by atoms with van der Waals surface area (Å²) < 4.78 is 21.0. The molecule has 1 aromatic rings. The zero-order chi connectivity index (χ0) is 21.0. The van der Waals surface area contributed by atoms with Crippen LogP contribution in [0.2, 0.25) is 18.6 Å². The number of carbonyl (C=O) groups excluding carboxylic acids is 1. The first-order chi connectivity index (χ1) is 13.8. The van der Waals surface area contributed by atoms with Crippen LogP contribution in [0, 0.1) is 5.92 Å². The molecular formula is C22H35FN2O3Si. The molecule has 7 heteroatoms. The molecule has 5 nitrogen and oxygen atoms in total. The van der Waals surface area contributed by atoms with Crippen LogP contribution in [-0.4, -0.2) is 50.8 Å². The Bertz CT molecular complexity index is 674. The van der Waals surface area contributed by atoms with Crippen LogP contribution >= 0.6 is 0 Å². The summed E-state index contributed by atoms with van der Waals surface area (Å²) in [5.74, 6) is 0.193. The summed E-state index contributed by atoms with van der Waals surface area (Å²) in [7, 11) is -2.85. The fourth-order valence-corrected chi connectivity index (χ4v) is 7.57. The molecule has 0 bridgehead atoms. The number of hydrogen-bond donors (Lipinski definition) is 3. The summed E-state index contributed by atoms with van der Waals surface area (Å²) in [5, 5.41) is 15.5. The van der Waals surface area contributed by atoms with Crippen molar-refractivity contribution in [1.29, 1.82) is 0 Å². The summed E-state index contributed by atoms with van der Waals surface area (Å²) in [6, 6.07) is 7.87. The Balaban J connectivity index is 1.53. The molecule has 3 N–H and O–H groups in total. The minimum Gasteiger partial charge on any atom is -0.396 e. The first kappa shape index (κ1) is 22.4. The van der Waals surface area contributed by atoms with Gasteiger partial charge in [-0.2, -0.15) is 0 Å².